The van der Waals surface area contributed by atoms with Gasteiger partial charge in [0, 0.05) is 24.2 Å². The van der Waals surface area contributed by atoms with Gasteiger partial charge in [-0.15, -0.1) is 0 Å². The van der Waals surface area contributed by atoms with Crippen molar-refractivity contribution in [3.05, 3.63) is 56.4 Å². The van der Waals surface area contributed by atoms with E-state index in [2.05, 4.69) is 26.1 Å². The fraction of sp³-hybridized carbons (Fsp3) is 0.312. The number of nitrogens with one attached hydrogen (secondary N) is 3. The summed E-state index contributed by atoms with van der Waals surface area (Å²) in [6, 6.07) is 5.06. The van der Waals surface area contributed by atoms with E-state index in [1.807, 2.05) is 13.8 Å². The fourth-order valence-corrected chi connectivity index (χ4v) is 2.20. The predicted octanol–water partition coefficient (Wildman–Crippen LogP) is 2.51. The van der Waals surface area contributed by atoms with E-state index in [4.69, 9.17) is 0 Å². The van der Waals surface area contributed by atoms with Crippen LogP contribution in [0.25, 0.3) is 0 Å². The minimum absolute atomic E-state index is 0.00805. The zero-order valence-corrected chi connectivity index (χ0v) is 15.2. The Bertz CT molecular complexity index is 887. The molecular weight excluding hydrogens is 370 g/mol. The molecule has 12 nitrogen and oxygen atoms in total. The molecule has 0 atom stereocenters. The molecule has 0 aliphatic rings. The molecule has 0 saturated heterocycles. The van der Waals surface area contributed by atoms with Crippen molar-refractivity contribution >= 4 is 28.9 Å². The van der Waals surface area contributed by atoms with Crippen LogP contribution in [0, 0.1) is 26.1 Å². The number of nitrogens with zero attached hydrogens (tertiary/aromatic N) is 4. The molecule has 0 saturated carbocycles. The number of aromatic nitrogens is 2. The van der Waals surface area contributed by atoms with Crippen molar-refractivity contribution in [1.82, 2.24) is 15.4 Å². The number of hydrogen-bond acceptors (Lipinski definition) is 9. The molecule has 1 aromatic carbocycles. The van der Waals surface area contributed by atoms with E-state index in [1.54, 1.807) is 0 Å². The molecule has 1 amide bonds. The molecule has 0 radical (unpaired) electrons. The lowest BCUT2D eigenvalue weighted by atomic mass is 10.1. The quantitative estimate of drug-likeness (QED) is 0.431. The van der Waals surface area contributed by atoms with Gasteiger partial charge in [0.15, 0.2) is 0 Å². The van der Waals surface area contributed by atoms with E-state index in [1.165, 1.54) is 18.2 Å². The molecule has 12 heteroatoms. The van der Waals surface area contributed by atoms with Crippen LogP contribution in [-0.2, 0) is 0 Å². The molecule has 0 aliphatic carbocycles. The lowest BCUT2D eigenvalue weighted by molar-refractivity contribution is -0.384. The van der Waals surface area contributed by atoms with E-state index in [9.17, 15) is 25.0 Å². The van der Waals surface area contributed by atoms with Gasteiger partial charge in [-0.3, -0.25) is 35.9 Å². The smallest absolute Gasteiger partial charge is 0.354 e. The van der Waals surface area contributed by atoms with Gasteiger partial charge in [-0.25, -0.2) is 9.97 Å². The number of nitro benzene ring substituents is 1. The van der Waals surface area contributed by atoms with Crippen LogP contribution < -0.4 is 16.2 Å². The Hall–Kier alpha value is -3.83. The number of nitro groups is 2. The molecule has 3 N–H and O–H groups in total. The first kappa shape index (κ1) is 20.5. The number of anilines is 2. The zero-order chi connectivity index (χ0) is 20.7. The summed E-state index contributed by atoms with van der Waals surface area (Å²) >= 11 is 0. The molecular formula is C16H19N7O5. The molecule has 0 bridgehead atoms. The number of hydrogen-bond donors (Lipinski definition) is 3. The van der Waals surface area contributed by atoms with Gasteiger partial charge in [0.1, 0.15) is 6.33 Å². The highest BCUT2D eigenvalue weighted by atomic mass is 16.6. The van der Waals surface area contributed by atoms with Crippen molar-refractivity contribution in [3.63, 3.8) is 0 Å². The van der Waals surface area contributed by atoms with Gasteiger partial charge in [-0.05, 0) is 18.4 Å². The second-order valence-electron chi connectivity index (χ2n) is 6.17. The van der Waals surface area contributed by atoms with Gasteiger partial charge in [0.05, 0.1) is 9.85 Å². The maximum atomic E-state index is 12.2. The van der Waals surface area contributed by atoms with Crippen LogP contribution in [0.5, 0.6) is 0 Å². The summed E-state index contributed by atoms with van der Waals surface area (Å²) in [5, 5.41) is 25.1. The number of benzene rings is 1. The Morgan fingerprint density at radius 1 is 1.14 bits per heavy atom. The van der Waals surface area contributed by atoms with Crippen molar-refractivity contribution < 1.29 is 14.6 Å². The van der Waals surface area contributed by atoms with Crippen molar-refractivity contribution in [3.8, 4) is 0 Å². The van der Waals surface area contributed by atoms with Crippen LogP contribution in [0.15, 0.2) is 30.6 Å². The summed E-state index contributed by atoms with van der Waals surface area (Å²) in [5.41, 5.74) is 3.95. The normalized spacial score (nSPS) is 10.4. The maximum Gasteiger partial charge on any atom is 0.354 e. The summed E-state index contributed by atoms with van der Waals surface area (Å²) in [6.45, 7) is 4.52. The summed E-state index contributed by atoms with van der Waals surface area (Å²) in [6.07, 6.45) is 1.90. The third-order valence-electron chi connectivity index (χ3n) is 3.63. The van der Waals surface area contributed by atoms with E-state index < -0.39 is 21.4 Å². The molecule has 148 valence electrons. The monoisotopic (exact) mass is 389 g/mol. The topological polar surface area (TPSA) is 165 Å². The minimum atomic E-state index is -0.717. The summed E-state index contributed by atoms with van der Waals surface area (Å²) in [7, 11) is 0. The Morgan fingerprint density at radius 2 is 1.86 bits per heavy atom. The van der Waals surface area contributed by atoms with Crippen LogP contribution in [0.2, 0.25) is 0 Å². The molecule has 1 heterocycles. The fourth-order valence-electron chi connectivity index (χ4n) is 2.20. The molecule has 0 fully saturated rings. The SMILES string of the molecule is CC(C)CCNc1ncnc(NNC(=O)c2cccc([N+](=O)[O-])c2)c1[N+](=O)[O-]. The Labute approximate surface area is 159 Å². The molecule has 0 unspecified atom stereocenters. The van der Waals surface area contributed by atoms with Crippen LogP contribution in [0.1, 0.15) is 30.6 Å². The van der Waals surface area contributed by atoms with Crippen molar-refractivity contribution in [1.29, 1.82) is 0 Å². The maximum absolute atomic E-state index is 12.2. The Morgan fingerprint density at radius 3 is 2.50 bits per heavy atom. The first-order chi connectivity index (χ1) is 13.3. The molecule has 28 heavy (non-hydrogen) atoms. The lowest BCUT2D eigenvalue weighted by Gasteiger charge is -2.11. The molecule has 2 rings (SSSR count). The number of amides is 1. The summed E-state index contributed by atoms with van der Waals surface area (Å²) in [4.78, 5) is 40.8. The Balaban J connectivity index is 2.14. The van der Waals surface area contributed by atoms with Gasteiger partial charge in [0.2, 0.25) is 11.6 Å². The molecule has 0 aliphatic heterocycles. The lowest BCUT2D eigenvalue weighted by Crippen LogP contribution is -2.30. The second-order valence-corrected chi connectivity index (χ2v) is 6.17. The van der Waals surface area contributed by atoms with Crippen LogP contribution in [0.3, 0.4) is 0 Å². The number of rotatable bonds is 9. The summed E-state index contributed by atoms with van der Waals surface area (Å²) in [5.74, 6) is -0.510. The van der Waals surface area contributed by atoms with Crippen LogP contribution >= 0.6 is 0 Å². The third-order valence-corrected chi connectivity index (χ3v) is 3.63. The third kappa shape index (κ3) is 5.33. The predicted molar refractivity (Wildman–Crippen MR) is 101 cm³/mol. The standard InChI is InChI=1S/C16H19N7O5/c1-10(2)6-7-17-14-13(23(27)28)15(19-9-18-14)20-21-16(24)11-4-3-5-12(8-11)22(25)26/h3-5,8-10H,6-7H2,1-2H3,(H,21,24)(H2,17,18,19,20). The number of non-ortho nitro benzene ring substituents is 1. The Kier molecular flexibility index (Phi) is 6.73. The highest BCUT2D eigenvalue weighted by Crippen LogP contribution is 2.28. The van der Waals surface area contributed by atoms with Gasteiger partial charge in [0.25, 0.3) is 11.6 Å². The van der Waals surface area contributed by atoms with E-state index >= 15 is 0 Å². The van der Waals surface area contributed by atoms with E-state index in [-0.39, 0.29) is 22.9 Å². The molecule has 1 aromatic heterocycles. The van der Waals surface area contributed by atoms with Gasteiger partial charge < -0.3 is 5.32 Å². The number of hydrazine groups is 1. The first-order valence-electron chi connectivity index (χ1n) is 8.33. The summed E-state index contributed by atoms with van der Waals surface area (Å²) < 4.78 is 0. The van der Waals surface area contributed by atoms with Gasteiger partial charge >= 0.3 is 5.69 Å². The highest BCUT2D eigenvalue weighted by molar-refractivity contribution is 5.95. The second kappa shape index (κ2) is 9.21. The van der Waals surface area contributed by atoms with Crippen molar-refractivity contribution in [2.24, 2.45) is 5.92 Å². The average molecular weight is 389 g/mol. The highest BCUT2D eigenvalue weighted by Gasteiger charge is 2.23. The number of carbonyl (C=O) groups is 1. The first-order valence-corrected chi connectivity index (χ1v) is 8.33. The average Bonchev–Trinajstić information content (AvgIpc) is 2.65. The van der Waals surface area contributed by atoms with E-state index in [0.717, 1.165) is 18.8 Å². The largest absolute Gasteiger partial charge is 0.364 e. The van der Waals surface area contributed by atoms with E-state index in [0.29, 0.717) is 12.5 Å². The van der Waals surface area contributed by atoms with Crippen molar-refractivity contribution in [2.75, 3.05) is 17.3 Å². The van der Waals surface area contributed by atoms with Crippen molar-refractivity contribution in [2.45, 2.75) is 20.3 Å². The zero-order valence-electron chi connectivity index (χ0n) is 15.2. The molecule has 0 spiro atoms. The van der Waals surface area contributed by atoms with Crippen LogP contribution in [0.4, 0.5) is 23.0 Å². The van der Waals surface area contributed by atoms with Gasteiger partial charge in [-0.2, -0.15) is 0 Å². The molecule has 2 aromatic rings. The van der Waals surface area contributed by atoms with Crippen LogP contribution in [-0.4, -0.2) is 32.3 Å². The number of carbonyl (C=O) groups excluding carboxylic acids is 1. The van der Waals surface area contributed by atoms with Gasteiger partial charge in [-0.1, -0.05) is 19.9 Å². The minimum Gasteiger partial charge on any atom is -0.364 e.